The van der Waals surface area contributed by atoms with Gasteiger partial charge in [0.2, 0.25) is 0 Å². The molecule has 0 aromatic carbocycles. The highest BCUT2D eigenvalue weighted by Gasteiger charge is 2.39. The van der Waals surface area contributed by atoms with Crippen LogP contribution in [0.5, 0.6) is 0 Å². The van der Waals surface area contributed by atoms with Gasteiger partial charge in [0.25, 0.3) is 0 Å². The third-order valence-corrected chi connectivity index (χ3v) is 5.80. The molecule has 0 aromatic heterocycles. The molecular weight excluding hydrogens is 356 g/mol. The minimum Gasteiger partial charge on any atom is -0.392 e. The van der Waals surface area contributed by atoms with Crippen LogP contribution >= 0.6 is 0 Å². The standard InChI is InChI=1S/C23H38O5/c1-3-5-14-23(28,4-2)15-10-13-20-19(21(26)16-22(20)27)12-9-7-6-8-11-18(25)17-24/h4,10,13,19-20,22,24,27-28H,2-3,5-9,11-12,14-17H2,1H3/b13-10+/t19-,20-,22-,23?/m1/s1. The molecule has 1 saturated carbocycles. The van der Waals surface area contributed by atoms with Gasteiger partial charge in [-0.1, -0.05) is 57.3 Å². The Morgan fingerprint density at radius 3 is 2.61 bits per heavy atom. The Kier molecular flexibility index (Phi) is 11.5. The predicted molar refractivity (Wildman–Crippen MR) is 111 cm³/mol. The highest BCUT2D eigenvalue weighted by Crippen LogP contribution is 2.35. The van der Waals surface area contributed by atoms with E-state index in [1.165, 1.54) is 0 Å². The van der Waals surface area contributed by atoms with Gasteiger partial charge in [0.05, 0.1) is 11.7 Å². The van der Waals surface area contributed by atoms with E-state index in [-0.39, 0.29) is 36.4 Å². The summed E-state index contributed by atoms with van der Waals surface area (Å²) in [4.78, 5) is 23.3. The number of Topliss-reactive ketones (excluding diaryl/α,β-unsaturated/α-hetero) is 2. The number of hydrogen-bond acceptors (Lipinski definition) is 5. The molecule has 5 heteroatoms. The van der Waals surface area contributed by atoms with Crippen LogP contribution in [0.4, 0.5) is 0 Å². The normalized spacial score (nSPS) is 24.6. The number of carbonyl (C=O) groups is 2. The number of unbranched alkanes of at least 4 members (excludes halogenated alkanes) is 4. The molecule has 0 aliphatic heterocycles. The maximum absolute atomic E-state index is 12.3. The fourth-order valence-electron chi connectivity index (χ4n) is 3.91. The van der Waals surface area contributed by atoms with E-state index in [9.17, 15) is 19.8 Å². The fraction of sp³-hybridized carbons (Fsp3) is 0.739. The second-order valence-corrected chi connectivity index (χ2v) is 8.11. The van der Waals surface area contributed by atoms with E-state index in [2.05, 4.69) is 13.5 Å². The van der Waals surface area contributed by atoms with Gasteiger partial charge in [0.15, 0.2) is 5.78 Å². The van der Waals surface area contributed by atoms with E-state index in [1.807, 2.05) is 12.2 Å². The molecule has 28 heavy (non-hydrogen) atoms. The van der Waals surface area contributed by atoms with Crippen LogP contribution in [-0.2, 0) is 9.59 Å². The summed E-state index contributed by atoms with van der Waals surface area (Å²) in [5.41, 5.74) is -0.929. The number of hydrogen-bond donors (Lipinski definition) is 3. The van der Waals surface area contributed by atoms with Crippen LogP contribution in [-0.4, -0.2) is 45.2 Å². The van der Waals surface area contributed by atoms with Gasteiger partial charge in [-0.05, 0) is 25.7 Å². The molecule has 4 atom stereocenters. The van der Waals surface area contributed by atoms with E-state index >= 15 is 0 Å². The molecule has 1 aliphatic rings. The van der Waals surface area contributed by atoms with Gasteiger partial charge >= 0.3 is 0 Å². The lowest BCUT2D eigenvalue weighted by Crippen LogP contribution is -2.25. The molecule has 1 aliphatic carbocycles. The second kappa shape index (κ2) is 13.0. The van der Waals surface area contributed by atoms with Crippen molar-refractivity contribution in [2.75, 3.05) is 6.61 Å². The highest BCUT2D eigenvalue weighted by molar-refractivity contribution is 5.84. The third-order valence-electron chi connectivity index (χ3n) is 5.80. The van der Waals surface area contributed by atoms with Crippen LogP contribution in [0.2, 0.25) is 0 Å². The minimum atomic E-state index is -0.929. The van der Waals surface area contributed by atoms with E-state index in [0.717, 1.165) is 44.9 Å². The maximum atomic E-state index is 12.3. The Bertz CT molecular complexity index is 527. The highest BCUT2D eigenvalue weighted by atomic mass is 16.3. The lowest BCUT2D eigenvalue weighted by atomic mass is 9.87. The van der Waals surface area contributed by atoms with Crippen molar-refractivity contribution in [3.05, 3.63) is 24.8 Å². The van der Waals surface area contributed by atoms with Gasteiger partial charge in [-0.15, -0.1) is 6.58 Å². The van der Waals surface area contributed by atoms with Crippen LogP contribution in [0.3, 0.4) is 0 Å². The molecule has 1 unspecified atom stereocenters. The molecule has 0 bridgehead atoms. The molecule has 0 saturated heterocycles. The van der Waals surface area contributed by atoms with Crippen molar-refractivity contribution in [1.82, 2.24) is 0 Å². The summed E-state index contributed by atoms with van der Waals surface area (Å²) in [7, 11) is 0. The predicted octanol–water partition coefficient (Wildman–Crippen LogP) is 3.51. The Morgan fingerprint density at radius 2 is 1.96 bits per heavy atom. The first kappa shape index (κ1) is 24.7. The Balaban J connectivity index is 2.48. The zero-order valence-electron chi connectivity index (χ0n) is 17.3. The third kappa shape index (κ3) is 8.38. The number of rotatable bonds is 15. The molecule has 3 N–H and O–H groups in total. The number of aliphatic hydroxyl groups is 3. The minimum absolute atomic E-state index is 0.113. The Hall–Kier alpha value is -1.30. The lowest BCUT2D eigenvalue weighted by Gasteiger charge is -2.23. The van der Waals surface area contributed by atoms with Crippen LogP contribution < -0.4 is 0 Å². The van der Waals surface area contributed by atoms with Gasteiger partial charge in [0.1, 0.15) is 12.4 Å². The first-order chi connectivity index (χ1) is 13.4. The molecular formula is C23H38O5. The topological polar surface area (TPSA) is 94.8 Å². The molecule has 1 rings (SSSR count). The Labute approximate surface area is 169 Å². The Morgan fingerprint density at radius 1 is 1.25 bits per heavy atom. The molecule has 0 heterocycles. The van der Waals surface area contributed by atoms with Crippen LogP contribution in [0, 0.1) is 11.8 Å². The van der Waals surface area contributed by atoms with Crippen molar-refractivity contribution in [2.45, 2.75) is 89.3 Å². The molecule has 0 amide bonds. The zero-order valence-corrected chi connectivity index (χ0v) is 17.3. The number of aliphatic hydroxyl groups excluding tert-OH is 2. The van der Waals surface area contributed by atoms with Crippen LogP contribution in [0.15, 0.2) is 24.8 Å². The van der Waals surface area contributed by atoms with Crippen molar-refractivity contribution in [3.8, 4) is 0 Å². The van der Waals surface area contributed by atoms with Gasteiger partial charge in [-0.2, -0.15) is 0 Å². The SMILES string of the molecule is C=CC(O)(C/C=C/[C@H]1[C@H](O)CC(=O)[C@@H]1CCCCCCC(=O)CO)CCCC. The lowest BCUT2D eigenvalue weighted by molar-refractivity contribution is -0.122. The van der Waals surface area contributed by atoms with Crippen LogP contribution in [0.25, 0.3) is 0 Å². The summed E-state index contributed by atoms with van der Waals surface area (Å²) < 4.78 is 0. The van der Waals surface area contributed by atoms with Gasteiger partial charge < -0.3 is 15.3 Å². The van der Waals surface area contributed by atoms with Crippen molar-refractivity contribution in [3.63, 3.8) is 0 Å². The quantitative estimate of drug-likeness (QED) is 0.292. The monoisotopic (exact) mass is 394 g/mol. The van der Waals surface area contributed by atoms with Crippen molar-refractivity contribution < 1.29 is 24.9 Å². The summed E-state index contributed by atoms with van der Waals surface area (Å²) >= 11 is 0. The first-order valence-electron chi connectivity index (χ1n) is 10.7. The summed E-state index contributed by atoms with van der Waals surface area (Å²) in [6.45, 7) is 5.43. The summed E-state index contributed by atoms with van der Waals surface area (Å²) in [5, 5.41) is 29.5. The number of ketones is 2. The summed E-state index contributed by atoms with van der Waals surface area (Å²) in [6, 6.07) is 0. The maximum Gasteiger partial charge on any atom is 0.158 e. The first-order valence-corrected chi connectivity index (χ1v) is 10.7. The summed E-state index contributed by atoms with van der Waals surface area (Å²) in [5.74, 6) is -0.373. The van der Waals surface area contributed by atoms with Crippen molar-refractivity contribution in [1.29, 1.82) is 0 Å². The molecule has 0 radical (unpaired) electrons. The molecule has 5 nitrogen and oxygen atoms in total. The average molecular weight is 395 g/mol. The van der Waals surface area contributed by atoms with E-state index in [1.54, 1.807) is 6.08 Å². The van der Waals surface area contributed by atoms with E-state index in [4.69, 9.17) is 5.11 Å². The van der Waals surface area contributed by atoms with Crippen molar-refractivity contribution >= 4 is 11.6 Å². The van der Waals surface area contributed by atoms with Crippen LogP contribution in [0.1, 0.15) is 77.6 Å². The zero-order chi connectivity index (χ0) is 21.0. The number of carbonyl (C=O) groups excluding carboxylic acids is 2. The molecule has 1 fully saturated rings. The summed E-state index contributed by atoms with van der Waals surface area (Å²) in [6.07, 6.45) is 12.6. The van der Waals surface area contributed by atoms with E-state index in [0.29, 0.717) is 19.3 Å². The van der Waals surface area contributed by atoms with Gasteiger partial charge in [-0.25, -0.2) is 0 Å². The largest absolute Gasteiger partial charge is 0.392 e. The average Bonchev–Trinajstić information content (AvgIpc) is 2.95. The molecule has 0 spiro atoms. The molecule has 0 aromatic rings. The smallest absolute Gasteiger partial charge is 0.158 e. The van der Waals surface area contributed by atoms with Crippen molar-refractivity contribution in [2.24, 2.45) is 11.8 Å². The second-order valence-electron chi connectivity index (χ2n) is 8.11. The van der Waals surface area contributed by atoms with E-state index < -0.39 is 11.7 Å². The van der Waals surface area contributed by atoms with Gasteiger partial charge in [0, 0.05) is 24.7 Å². The fourth-order valence-corrected chi connectivity index (χ4v) is 3.91. The van der Waals surface area contributed by atoms with Gasteiger partial charge in [-0.3, -0.25) is 9.59 Å². The molecule has 160 valence electrons.